The highest BCUT2D eigenvalue weighted by atomic mass is 19.1. The van der Waals surface area contributed by atoms with E-state index in [1.807, 2.05) is 18.2 Å². The summed E-state index contributed by atoms with van der Waals surface area (Å²) in [6.45, 7) is 1.54. The van der Waals surface area contributed by atoms with Crippen molar-refractivity contribution >= 4 is 5.69 Å². The van der Waals surface area contributed by atoms with Gasteiger partial charge in [-0.05, 0) is 30.9 Å². The van der Waals surface area contributed by atoms with Gasteiger partial charge in [0.2, 0.25) is 0 Å². The van der Waals surface area contributed by atoms with Crippen LogP contribution in [-0.4, -0.2) is 13.2 Å². The number of benzene rings is 1. The Balaban J connectivity index is 1.93. The number of para-hydroxylation sites is 1. The number of halogens is 1. The van der Waals surface area contributed by atoms with Crippen LogP contribution in [0.25, 0.3) is 0 Å². The predicted octanol–water partition coefficient (Wildman–Crippen LogP) is 3.36. The van der Waals surface area contributed by atoms with Crippen LogP contribution in [-0.2, 0) is 11.2 Å². The second-order valence-corrected chi connectivity index (χ2v) is 4.52. The Morgan fingerprint density at radius 1 is 1.35 bits per heavy atom. The lowest BCUT2D eigenvalue weighted by atomic mass is 10.0. The largest absolute Gasteiger partial charge is 0.495 e. The van der Waals surface area contributed by atoms with Crippen molar-refractivity contribution in [2.75, 3.05) is 18.5 Å². The number of rotatable bonds is 2. The molecule has 0 bridgehead atoms. The van der Waals surface area contributed by atoms with Crippen LogP contribution in [0.5, 0.6) is 0 Å². The Hall–Kier alpha value is -1.51. The Morgan fingerprint density at radius 3 is 3.12 bits per heavy atom. The quantitative estimate of drug-likeness (QED) is 0.845. The Labute approximate surface area is 100 Å². The van der Waals surface area contributed by atoms with Crippen molar-refractivity contribution in [3.05, 3.63) is 41.2 Å². The molecule has 17 heavy (non-hydrogen) atoms. The van der Waals surface area contributed by atoms with Gasteiger partial charge in [-0.2, -0.15) is 0 Å². The van der Waals surface area contributed by atoms with Gasteiger partial charge >= 0.3 is 0 Å². The van der Waals surface area contributed by atoms with Crippen LogP contribution in [0.1, 0.15) is 30.1 Å². The predicted molar refractivity (Wildman–Crippen MR) is 65.8 cm³/mol. The highest BCUT2D eigenvalue weighted by molar-refractivity contribution is 5.62. The van der Waals surface area contributed by atoms with Crippen LogP contribution in [0.3, 0.4) is 0 Å². The fraction of sp³-hybridized carbons (Fsp3) is 0.429. The molecule has 2 heterocycles. The summed E-state index contributed by atoms with van der Waals surface area (Å²) in [4.78, 5) is 0. The summed E-state index contributed by atoms with van der Waals surface area (Å²) in [6, 6.07) is 5.83. The van der Waals surface area contributed by atoms with Crippen molar-refractivity contribution in [2.24, 2.45) is 0 Å². The van der Waals surface area contributed by atoms with Gasteiger partial charge in [-0.25, -0.2) is 4.39 Å². The second kappa shape index (κ2) is 4.40. The van der Waals surface area contributed by atoms with Crippen molar-refractivity contribution in [1.29, 1.82) is 0 Å². The van der Waals surface area contributed by atoms with Crippen molar-refractivity contribution in [3.8, 4) is 0 Å². The molecule has 1 atom stereocenters. The van der Waals surface area contributed by atoms with E-state index in [0.29, 0.717) is 17.9 Å². The molecular weight excluding hydrogens is 217 g/mol. The summed E-state index contributed by atoms with van der Waals surface area (Å²) in [6.07, 6.45) is 3.63. The minimum Gasteiger partial charge on any atom is -0.495 e. The zero-order chi connectivity index (χ0) is 11.7. The number of allylic oxidation sites excluding steroid dienone is 2. The molecule has 0 fully saturated rings. The van der Waals surface area contributed by atoms with E-state index in [1.165, 1.54) is 5.56 Å². The maximum atomic E-state index is 14.4. The molecular formula is C14H16FNO. The van der Waals surface area contributed by atoms with Crippen LogP contribution in [0, 0.1) is 0 Å². The van der Waals surface area contributed by atoms with Crippen LogP contribution in [0.2, 0.25) is 0 Å². The van der Waals surface area contributed by atoms with Gasteiger partial charge in [-0.1, -0.05) is 18.2 Å². The number of fused-ring (bicyclic) bond motifs is 1. The molecule has 0 radical (unpaired) electrons. The molecule has 1 aromatic carbocycles. The minimum absolute atomic E-state index is 0.485. The highest BCUT2D eigenvalue weighted by Crippen LogP contribution is 2.37. The molecule has 2 nitrogen and oxygen atoms in total. The molecule has 90 valence electrons. The molecule has 0 amide bonds. The Kier molecular flexibility index (Phi) is 2.75. The SMILES string of the molecule is FC(C1=CCCCO1)c1cccc2c1NCC2. The van der Waals surface area contributed by atoms with Gasteiger partial charge in [0.15, 0.2) is 6.17 Å². The van der Waals surface area contributed by atoms with Crippen LogP contribution < -0.4 is 5.32 Å². The van der Waals surface area contributed by atoms with E-state index in [-0.39, 0.29) is 0 Å². The molecule has 0 saturated carbocycles. The number of hydrogen-bond donors (Lipinski definition) is 1. The molecule has 3 heteroatoms. The molecule has 0 spiro atoms. The number of anilines is 1. The molecule has 1 unspecified atom stereocenters. The lowest BCUT2D eigenvalue weighted by Crippen LogP contribution is -2.08. The summed E-state index contributed by atoms with van der Waals surface area (Å²) >= 11 is 0. The smallest absolute Gasteiger partial charge is 0.184 e. The summed E-state index contributed by atoms with van der Waals surface area (Å²) in [5.74, 6) is 0.485. The molecule has 1 N–H and O–H groups in total. The Morgan fingerprint density at radius 2 is 2.29 bits per heavy atom. The summed E-state index contributed by atoms with van der Waals surface area (Å²) in [5, 5.41) is 3.27. The van der Waals surface area contributed by atoms with E-state index >= 15 is 0 Å². The van der Waals surface area contributed by atoms with Gasteiger partial charge in [0.1, 0.15) is 5.76 Å². The number of alkyl halides is 1. The lowest BCUT2D eigenvalue weighted by Gasteiger charge is -2.20. The fourth-order valence-electron chi connectivity index (χ4n) is 2.48. The number of hydrogen-bond acceptors (Lipinski definition) is 2. The monoisotopic (exact) mass is 233 g/mol. The van der Waals surface area contributed by atoms with Gasteiger partial charge < -0.3 is 10.1 Å². The van der Waals surface area contributed by atoms with Crippen molar-refractivity contribution in [3.63, 3.8) is 0 Å². The van der Waals surface area contributed by atoms with E-state index in [2.05, 4.69) is 11.4 Å². The zero-order valence-electron chi connectivity index (χ0n) is 9.71. The standard InChI is InChI=1S/C14H16FNO/c15-13(12-6-1-2-9-17-12)11-5-3-4-10-7-8-16-14(10)11/h3-6,13,16H,1-2,7-9H2. The maximum Gasteiger partial charge on any atom is 0.184 e. The average molecular weight is 233 g/mol. The van der Waals surface area contributed by atoms with E-state index in [4.69, 9.17) is 4.74 Å². The lowest BCUT2D eigenvalue weighted by molar-refractivity contribution is 0.140. The van der Waals surface area contributed by atoms with Crippen LogP contribution in [0.15, 0.2) is 30.0 Å². The van der Waals surface area contributed by atoms with E-state index in [0.717, 1.165) is 31.5 Å². The summed E-state index contributed by atoms with van der Waals surface area (Å²) in [5.41, 5.74) is 2.89. The first-order valence-corrected chi connectivity index (χ1v) is 6.19. The first kappa shape index (κ1) is 10.6. The average Bonchev–Trinajstić information content (AvgIpc) is 2.87. The van der Waals surface area contributed by atoms with E-state index in [1.54, 1.807) is 0 Å². The topological polar surface area (TPSA) is 21.3 Å². The molecule has 2 aliphatic rings. The molecule has 0 saturated heterocycles. The molecule has 1 aromatic rings. The number of nitrogens with one attached hydrogen (secondary N) is 1. The van der Waals surface area contributed by atoms with Gasteiger partial charge in [-0.3, -0.25) is 0 Å². The maximum absolute atomic E-state index is 14.4. The second-order valence-electron chi connectivity index (χ2n) is 4.52. The van der Waals surface area contributed by atoms with E-state index < -0.39 is 6.17 Å². The highest BCUT2D eigenvalue weighted by Gasteiger charge is 2.24. The third-order valence-electron chi connectivity index (χ3n) is 3.36. The minimum atomic E-state index is -1.13. The summed E-state index contributed by atoms with van der Waals surface area (Å²) in [7, 11) is 0. The van der Waals surface area contributed by atoms with Gasteiger partial charge in [0.05, 0.1) is 6.61 Å². The number of ether oxygens (including phenoxy) is 1. The van der Waals surface area contributed by atoms with Crippen molar-refractivity contribution in [2.45, 2.75) is 25.4 Å². The van der Waals surface area contributed by atoms with Crippen LogP contribution in [0.4, 0.5) is 10.1 Å². The molecule has 0 aliphatic carbocycles. The van der Waals surface area contributed by atoms with Crippen molar-refractivity contribution in [1.82, 2.24) is 0 Å². The van der Waals surface area contributed by atoms with E-state index in [9.17, 15) is 4.39 Å². The normalized spacial score (nSPS) is 19.9. The fourth-order valence-corrected chi connectivity index (χ4v) is 2.48. The molecule has 3 rings (SSSR count). The summed E-state index contributed by atoms with van der Waals surface area (Å²) < 4.78 is 19.9. The third-order valence-corrected chi connectivity index (χ3v) is 3.36. The van der Waals surface area contributed by atoms with Crippen LogP contribution >= 0.6 is 0 Å². The van der Waals surface area contributed by atoms with Gasteiger partial charge in [-0.15, -0.1) is 0 Å². The zero-order valence-corrected chi connectivity index (χ0v) is 9.71. The van der Waals surface area contributed by atoms with Gasteiger partial charge in [0, 0.05) is 17.8 Å². The first-order chi connectivity index (χ1) is 8.36. The molecule has 0 aromatic heterocycles. The first-order valence-electron chi connectivity index (χ1n) is 6.19. The van der Waals surface area contributed by atoms with Crippen molar-refractivity contribution < 1.29 is 9.13 Å². The third kappa shape index (κ3) is 1.90. The Bertz CT molecular complexity index is 456. The van der Waals surface area contributed by atoms with Gasteiger partial charge in [0.25, 0.3) is 0 Å². The molecule has 2 aliphatic heterocycles.